The minimum absolute atomic E-state index is 0.0226. The lowest BCUT2D eigenvalue weighted by atomic mass is 10.3. The van der Waals surface area contributed by atoms with Gasteiger partial charge >= 0.3 is 0 Å². The summed E-state index contributed by atoms with van der Waals surface area (Å²) in [4.78, 5) is 12.2. The molecule has 7 nitrogen and oxygen atoms in total. The van der Waals surface area contributed by atoms with Crippen LogP contribution in [0, 0.1) is 0 Å². The zero-order valence-electron chi connectivity index (χ0n) is 15.6. The van der Waals surface area contributed by atoms with Crippen LogP contribution in [0.3, 0.4) is 0 Å². The molecule has 0 spiro atoms. The van der Waals surface area contributed by atoms with Crippen LogP contribution in [0.4, 0.5) is 11.4 Å². The first kappa shape index (κ1) is 21.9. The van der Waals surface area contributed by atoms with Gasteiger partial charge in [-0.3, -0.25) is 9.52 Å². The van der Waals surface area contributed by atoms with Crippen LogP contribution in [-0.4, -0.2) is 34.2 Å². The first-order valence-corrected chi connectivity index (χ1v) is 12.2. The fourth-order valence-corrected chi connectivity index (χ4v) is 4.85. The van der Waals surface area contributed by atoms with Crippen molar-refractivity contribution in [1.82, 2.24) is 0 Å². The normalized spacial score (nSPS) is 11.8. The molecule has 0 fully saturated rings. The highest BCUT2D eigenvalue weighted by molar-refractivity contribution is 7.92. The van der Waals surface area contributed by atoms with Gasteiger partial charge in [0.1, 0.15) is 5.75 Å². The third-order valence-electron chi connectivity index (χ3n) is 3.86. The highest BCUT2D eigenvalue weighted by Crippen LogP contribution is 2.19. The second-order valence-electron chi connectivity index (χ2n) is 6.35. The number of carbonyl (C=O) groups is 1. The molecule has 152 valence electrons. The van der Waals surface area contributed by atoms with Crippen molar-refractivity contribution < 1.29 is 21.6 Å². The van der Waals surface area contributed by atoms with Crippen molar-refractivity contribution in [2.45, 2.75) is 31.1 Å². The number of hydrogen-bond acceptors (Lipinski definition) is 5. The zero-order valence-corrected chi connectivity index (χ0v) is 17.2. The Labute approximate surface area is 166 Å². The Balaban J connectivity index is 2.02. The van der Waals surface area contributed by atoms with Crippen molar-refractivity contribution in [1.29, 1.82) is 0 Å². The van der Waals surface area contributed by atoms with E-state index >= 15 is 0 Å². The van der Waals surface area contributed by atoms with Crippen LogP contribution in [0.2, 0.25) is 0 Å². The highest BCUT2D eigenvalue weighted by atomic mass is 32.2. The lowest BCUT2D eigenvalue weighted by Crippen LogP contribution is -2.24. The molecular weight excluding hydrogens is 400 g/mol. The topological polar surface area (TPSA) is 109 Å². The second-order valence-corrected chi connectivity index (χ2v) is 10.2. The minimum Gasteiger partial charge on any atom is -0.325 e. The number of hydrogen-bond donors (Lipinski definition) is 2. The molecular formula is C19H24N2O5S2. The maximum absolute atomic E-state index is 12.4. The molecule has 28 heavy (non-hydrogen) atoms. The monoisotopic (exact) mass is 424 g/mol. The number of carbonyl (C=O) groups excluding carboxylic acids is 1. The number of nitrogens with one attached hydrogen (secondary N) is 2. The van der Waals surface area contributed by atoms with Gasteiger partial charge in [-0.1, -0.05) is 44.0 Å². The van der Waals surface area contributed by atoms with Gasteiger partial charge in [0, 0.05) is 5.69 Å². The molecule has 0 bridgehead atoms. The van der Waals surface area contributed by atoms with E-state index in [0.29, 0.717) is 12.1 Å². The number of unbranched alkanes of at least 4 members (excludes halogenated alkanes) is 2. The first-order chi connectivity index (χ1) is 13.2. The van der Waals surface area contributed by atoms with Gasteiger partial charge in [-0.05, 0) is 36.8 Å². The van der Waals surface area contributed by atoms with E-state index in [1.165, 1.54) is 24.3 Å². The molecule has 2 aromatic rings. The predicted molar refractivity (Wildman–Crippen MR) is 111 cm³/mol. The van der Waals surface area contributed by atoms with Gasteiger partial charge in [-0.25, -0.2) is 16.8 Å². The quantitative estimate of drug-likeness (QED) is 0.570. The van der Waals surface area contributed by atoms with E-state index in [0.717, 1.165) is 12.8 Å². The van der Waals surface area contributed by atoms with E-state index in [1.807, 2.05) is 6.92 Å². The Morgan fingerprint density at radius 1 is 0.893 bits per heavy atom. The zero-order chi connectivity index (χ0) is 20.6. The Morgan fingerprint density at radius 2 is 1.57 bits per heavy atom. The maximum Gasteiger partial charge on any atom is 0.261 e. The van der Waals surface area contributed by atoms with E-state index in [-0.39, 0.29) is 16.3 Å². The number of benzene rings is 2. The van der Waals surface area contributed by atoms with Crippen molar-refractivity contribution >= 4 is 37.1 Å². The third kappa shape index (κ3) is 6.97. The molecule has 0 saturated carbocycles. The predicted octanol–water partition coefficient (Wildman–Crippen LogP) is 3.03. The van der Waals surface area contributed by atoms with Crippen molar-refractivity contribution in [2.75, 3.05) is 21.5 Å². The van der Waals surface area contributed by atoms with Crippen LogP contribution in [0.1, 0.15) is 26.2 Å². The highest BCUT2D eigenvalue weighted by Gasteiger charge is 2.17. The van der Waals surface area contributed by atoms with Crippen LogP contribution in [0.5, 0.6) is 0 Å². The molecule has 0 saturated heterocycles. The summed E-state index contributed by atoms with van der Waals surface area (Å²) in [5.41, 5.74) is 0.564. The van der Waals surface area contributed by atoms with Crippen molar-refractivity contribution in [3.8, 4) is 0 Å². The molecule has 2 aromatic carbocycles. The number of amides is 1. The molecule has 0 aliphatic heterocycles. The summed E-state index contributed by atoms with van der Waals surface area (Å²) in [5, 5.41) is 2.50. The molecule has 2 N–H and O–H groups in total. The number of rotatable bonds is 10. The molecule has 0 atom stereocenters. The van der Waals surface area contributed by atoms with Gasteiger partial charge in [0.15, 0.2) is 9.84 Å². The van der Waals surface area contributed by atoms with Crippen LogP contribution < -0.4 is 10.0 Å². The summed E-state index contributed by atoms with van der Waals surface area (Å²) in [7, 11) is -7.23. The largest absolute Gasteiger partial charge is 0.325 e. The van der Waals surface area contributed by atoms with Gasteiger partial charge in [0.2, 0.25) is 5.91 Å². The second kappa shape index (κ2) is 9.70. The molecule has 0 aliphatic rings. The maximum atomic E-state index is 12.4. The fourth-order valence-electron chi connectivity index (χ4n) is 2.52. The summed E-state index contributed by atoms with van der Waals surface area (Å²) in [6, 6.07) is 14.0. The summed E-state index contributed by atoms with van der Waals surface area (Å²) < 4.78 is 51.1. The van der Waals surface area contributed by atoms with E-state index < -0.39 is 31.5 Å². The van der Waals surface area contributed by atoms with E-state index in [9.17, 15) is 21.6 Å². The lowest BCUT2D eigenvalue weighted by molar-refractivity contribution is -0.113. The summed E-state index contributed by atoms with van der Waals surface area (Å²) in [6.45, 7) is 1.97. The van der Waals surface area contributed by atoms with Gasteiger partial charge in [-0.15, -0.1) is 0 Å². The SMILES string of the molecule is CCCCCS(=O)(=O)CC(=O)Nc1cccc(NS(=O)(=O)c2ccccc2)c1. The van der Waals surface area contributed by atoms with Gasteiger partial charge in [-0.2, -0.15) is 0 Å². The van der Waals surface area contributed by atoms with Crippen LogP contribution >= 0.6 is 0 Å². The standard InChI is InChI=1S/C19H24N2O5S2/c1-2-3-7-13-27(23,24)15-19(22)20-16-9-8-10-17(14-16)21-28(25,26)18-11-5-4-6-12-18/h4-6,8-12,14,21H,2-3,7,13,15H2,1H3,(H,20,22). The van der Waals surface area contributed by atoms with E-state index in [2.05, 4.69) is 10.0 Å². The number of anilines is 2. The Kier molecular flexibility index (Phi) is 7.59. The van der Waals surface area contributed by atoms with Crippen molar-refractivity contribution in [2.24, 2.45) is 0 Å². The molecule has 2 rings (SSSR count). The third-order valence-corrected chi connectivity index (χ3v) is 6.87. The number of sulfonamides is 1. The lowest BCUT2D eigenvalue weighted by Gasteiger charge is -2.10. The molecule has 0 heterocycles. The minimum atomic E-state index is -3.76. The average Bonchev–Trinajstić information content (AvgIpc) is 2.62. The molecule has 1 amide bonds. The Hall–Kier alpha value is -2.39. The van der Waals surface area contributed by atoms with Crippen LogP contribution in [0.15, 0.2) is 59.5 Å². The van der Waals surface area contributed by atoms with Gasteiger partial charge in [0.05, 0.1) is 16.3 Å². The molecule has 0 unspecified atom stereocenters. The average molecular weight is 425 g/mol. The first-order valence-electron chi connectivity index (χ1n) is 8.90. The van der Waals surface area contributed by atoms with Crippen LogP contribution in [0.25, 0.3) is 0 Å². The summed E-state index contributed by atoms with van der Waals surface area (Å²) in [5.74, 6) is -1.28. The molecule has 9 heteroatoms. The van der Waals surface area contributed by atoms with Gasteiger partial charge in [0.25, 0.3) is 10.0 Å². The smallest absolute Gasteiger partial charge is 0.261 e. The molecule has 0 aromatic heterocycles. The molecule has 0 radical (unpaired) electrons. The number of sulfone groups is 1. The van der Waals surface area contributed by atoms with E-state index in [4.69, 9.17) is 0 Å². The van der Waals surface area contributed by atoms with Crippen LogP contribution in [-0.2, 0) is 24.7 Å². The summed E-state index contributed by atoms with van der Waals surface area (Å²) >= 11 is 0. The Bertz CT molecular complexity index is 1000. The van der Waals surface area contributed by atoms with Crippen molar-refractivity contribution in [3.05, 3.63) is 54.6 Å². The van der Waals surface area contributed by atoms with E-state index in [1.54, 1.807) is 30.3 Å². The molecule has 0 aliphatic carbocycles. The summed E-state index contributed by atoms with van der Waals surface area (Å²) in [6.07, 6.45) is 2.22. The van der Waals surface area contributed by atoms with Crippen molar-refractivity contribution in [3.63, 3.8) is 0 Å². The Morgan fingerprint density at radius 3 is 2.25 bits per heavy atom. The fraction of sp³-hybridized carbons (Fsp3) is 0.316. The van der Waals surface area contributed by atoms with Gasteiger partial charge < -0.3 is 5.32 Å².